The lowest BCUT2D eigenvalue weighted by Gasteiger charge is -2.10. The van der Waals surface area contributed by atoms with Crippen LogP contribution < -0.4 is 10.1 Å². The number of ether oxygens (including phenoxy) is 2. The molecule has 0 bridgehead atoms. The molecule has 28 heavy (non-hydrogen) atoms. The van der Waals surface area contributed by atoms with Gasteiger partial charge in [0, 0.05) is 17.6 Å². The van der Waals surface area contributed by atoms with Crippen LogP contribution in [0.2, 0.25) is 0 Å². The van der Waals surface area contributed by atoms with Crippen LogP contribution in [0.1, 0.15) is 26.3 Å². The van der Waals surface area contributed by atoms with Crippen LogP contribution in [-0.2, 0) is 11.3 Å². The zero-order valence-electron chi connectivity index (χ0n) is 16.3. The fraction of sp³-hybridized carbons (Fsp3) is 0.273. The van der Waals surface area contributed by atoms with Gasteiger partial charge in [0.25, 0.3) is 0 Å². The van der Waals surface area contributed by atoms with Gasteiger partial charge >= 0.3 is 6.09 Å². The SMILES string of the molecule is CCOC(=O)Nc1ccc(-c2c(C#N)c3cc(OCC)ccc3n2CC)cc1. The highest BCUT2D eigenvalue weighted by Crippen LogP contribution is 2.35. The average molecular weight is 377 g/mol. The van der Waals surface area contributed by atoms with Crippen molar-refractivity contribution in [2.45, 2.75) is 27.3 Å². The Bertz CT molecular complexity index is 1030. The topological polar surface area (TPSA) is 76.3 Å². The van der Waals surface area contributed by atoms with Crippen molar-refractivity contribution in [2.75, 3.05) is 18.5 Å². The lowest BCUT2D eigenvalue weighted by molar-refractivity contribution is 0.168. The highest BCUT2D eigenvalue weighted by Gasteiger charge is 2.18. The maximum absolute atomic E-state index is 11.6. The normalized spacial score (nSPS) is 10.5. The summed E-state index contributed by atoms with van der Waals surface area (Å²) in [5.74, 6) is 0.750. The highest BCUT2D eigenvalue weighted by molar-refractivity contribution is 5.95. The largest absolute Gasteiger partial charge is 0.494 e. The molecule has 0 saturated heterocycles. The first-order valence-corrected chi connectivity index (χ1v) is 9.36. The first-order chi connectivity index (χ1) is 13.6. The van der Waals surface area contributed by atoms with Crippen LogP contribution in [0.4, 0.5) is 10.5 Å². The molecule has 6 nitrogen and oxygen atoms in total. The molecule has 144 valence electrons. The van der Waals surface area contributed by atoms with Gasteiger partial charge in [0.05, 0.1) is 30.0 Å². The van der Waals surface area contributed by atoms with Crippen molar-refractivity contribution < 1.29 is 14.3 Å². The number of hydrogen-bond donors (Lipinski definition) is 1. The number of fused-ring (bicyclic) bond motifs is 1. The zero-order chi connectivity index (χ0) is 20.1. The van der Waals surface area contributed by atoms with Gasteiger partial charge in [-0.25, -0.2) is 4.79 Å². The van der Waals surface area contributed by atoms with Gasteiger partial charge in [-0.2, -0.15) is 5.26 Å². The van der Waals surface area contributed by atoms with Crippen LogP contribution >= 0.6 is 0 Å². The molecular weight excluding hydrogens is 354 g/mol. The van der Waals surface area contributed by atoms with E-state index < -0.39 is 6.09 Å². The maximum Gasteiger partial charge on any atom is 0.411 e. The van der Waals surface area contributed by atoms with Crippen molar-refractivity contribution in [2.24, 2.45) is 0 Å². The summed E-state index contributed by atoms with van der Waals surface area (Å²) in [6.07, 6.45) is -0.487. The molecule has 0 unspecified atom stereocenters. The number of nitriles is 1. The number of carbonyl (C=O) groups is 1. The monoisotopic (exact) mass is 377 g/mol. The third-order valence-corrected chi connectivity index (χ3v) is 4.45. The van der Waals surface area contributed by atoms with Crippen molar-refractivity contribution in [1.29, 1.82) is 5.26 Å². The van der Waals surface area contributed by atoms with Crippen molar-refractivity contribution in [3.63, 3.8) is 0 Å². The van der Waals surface area contributed by atoms with Gasteiger partial charge in [-0.1, -0.05) is 12.1 Å². The first kappa shape index (κ1) is 19.3. The van der Waals surface area contributed by atoms with Crippen LogP contribution in [-0.4, -0.2) is 23.9 Å². The van der Waals surface area contributed by atoms with Crippen LogP contribution in [0.5, 0.6) is 5.75 Å². The van der Waals surface area contributed by atoms with Crippen molar-refractivity contribution in [1.82, 2.24) is 4.57 Å². The third kappa shape index (κ3) is 3.65. The van der Waals surface area contributed by atoms with E-state index in [9.17, 15) is 10.1 Å². The number of nitrogens with one attached hydrogen (secondary N) is 1. The summed E-state index contributed by atoms with van der Waals surface area (Å²) >= 11 is 0. The van der Waals surface area contributed by atoms with Crippen molar-refractivity contribution in [3.05, 3.63) is 48.0 Å². The first-order valence-electron chi connectivity index (χ1n) is 9.36. The Kier molecular flexibility index (Phi) is 5.85. The van der Waals surface area contributed by atoms with Crippen molar-refractivity contribution in [3.8, 4) is 23.1 Å². The van der Waals surface area contributed by atoms with E-state index in [1.54, 1.807) is 19.1 Å². The minimum atomic E-state index is -0.487. The number of nitrogens with zero attached hydrogens (tertiary/aromatic N) is 2. The number of rotatable bonds is 6. The van der Waals surface area contributed by atoms with E-state index in [1.807, 2.05) is 37.3 Å². The lowest BCUT2D eigenvalue weighted by Crippen LogP contribution is -2.13. The Hall–Kier alpha value is -3.46. The number of benzene rings is 2. The minimum Gasteiger partial charge on any atom is -0.494 e. The number of amides is 1. The Morgan fingerprint density at radius 1 is 1.11 bits per heavy atom. The fourth-order valence-corrected chi connectivity index (χ4v) is 3.33. The van der Waals surface area contributed by atoms with E-state index in [1.165, 1.54) is 0 Å². The number of aromatic nitrogens is 1. The summed E-state index contributed by atoms with van der Waals surface area (Å²) in [6.45, 7) is 7.36. The van der Waals surface area contributed by atoms with Gasteiger partial charge < -0.3 is 14.0 Å². The maximum atomic E-state index is 11.6. The Balaban J connectivity index is 2.06. The molecule has 1 aromatic heterocycles. The Labute approximate surface area is 164 Å². The van der Waals surface area contributed by atoms with E-state index in [0.29, 0.717) is 24.5 Å². The second-order valence-corrected chi connectivity index (χ2v) is 6.11. The molecule has 0 spiro atoms. The summed E-state index contributed by atoms with van der Waals surface area (Å²) in [5, 5.41) is 13.4. The van der Waals surface area contributed by atoms with Gasteiger partial charge in [0.15, 0.2) is 0 Å². The molecule has 1 heterocycles. The van der Waals surface area contributed by atoms with Gasteiger partial charge in [-0.15, -0.1) is 0 Å². The molecule has 3 aromatic rings. The molecule has 0 aliphatic rings. The molecule has 1 amide bonds. The average Bonchev–Trinajstić information content (AvgIpc) is 3.01. The van der Waals surface area contributed by atoms with Gasteiger partial charge in [-0.05, 0) is 56.7 Å². The fourth-order valence-electron chi connectivity index (χ4n) is 3.33. The molecule has 0 radical (unpaired) electrons. The summed E-state index contributed by atoms with van der Waals surface area (Å²) in [5.41, 5.74) is 4.01. The number of hydrogen-bond acceptors (Lipinski definition) is 4. The summed E-state index contributed by atoms with van der Waals surface area (Å²) < 4.78 is 12.6. The highest BCUT2D eigenvalue weighted by atomic mass is 16.5. The van der Waals surface area contributed by atoms with E-state index in [4.69, 9.17) is 9.47 Å². The standard InChI is InChI=1S/C22H23N3O3/c1-4-25-20-12-11-17(27-5-2)13-18(20)19(14-23)21(25)15-7-9-16(10-8-15)24-22(26)28-6-3/h7-13H,4-6H2,1-3H3,(H,24,26). The molecule has 0 aliphatic heterocycles. The molecule has 0 atom stereocenters. The zero-order valence-corrected chi connectivity index (χ0v) is 16.3. The Morgan fingerprint density at radius 3 is 2.46 bits per heavy atom. The Morgan fingerprint density at radius 2 is 1.86 bits per heavy atom. The summed E-state index contributed by atoms with van der Waals surface area (Å²) in [7, 11) is 0. The van der Waals surface area contributed by atoms with Gasteiger partial charge in [0.1, 0.15) is 11.8 Å². The molecule has 6 heteroatoms. The number of aryl methyl sites for hydroxylation is 1. The third-order valence-electron chi connectivity index (χ3n) is 4.45. The molecule has 0 saturated carbocycles. The van der Waals surface area contributed by atoms with E-state index in [0.717, 1.165) is 34.5 Å². The van der Waals surface area contributed by atoms with E-state index in [-0.39, 0.29) is 0 Å². The summed E-state index contributed by atoms with van der Waals surface area (Å²) in [6, 6.07) is 15.6. The molecule has 1 N–H and O–H groups in total. The molecule has 0 aliphatic carbocycles. The summed E-state index contributed by atoms with van der Waals surface area (Å²) in [4.78, 5) is 11.6. The van der Waals surface area contributed by atoms with E-state index >= 15 is 0 Å². The van der Waals surface area contributed by atoms with Crippen molar-refractivity contribution >= 4 is 22.7 Å². The molecule has 0 fully saturated rings. The number of anilines is 1. The predicted octanol–water partition coefficient (Wildman–Crippen LogP) is 5.17. The van der Waals surface area contributed by atoms with E-state index in [2.05, 4.69) is 22.9 Å². The molecule has 3 rings (SSSR count). The van der Waals surface area contributed by atoms with Crippen LogP contribution in [0, 0.1) is 11.3 Å². The van der Waals surface area contributed by atoms with Crippen LogP contribution in [0.25, 0.3) is 22.2 Å². The van der Waals surface area contributed by atoms with Gasteiger partial charge in [-0.3, -0.25) is 5.32 Å². The van der Waals surface area contributed by atoms with Crippen LogP contribution in [0.15, 0.2) is 42.5 Å². The predicted molar refractivity (Wildman–Crippen MR) is 110 cm³/mol. The number of carbonyl (C=O) groups excluding carboxylic acids is 1. The smallest absolute Gasteiger partial charge is 0.411 e. The second kappa shape index (κ2) is 8.49. The van der Waals surface area contributed by atoms with Crippen LogP contribution in [0.3, 0.4) is 0 Å². The minimum absolute atomic E-state index is 0.315. The second-order valence-electron chi connectivity index (χ2n) is 6.11. The molecular formula is C22H23N3O3. The van der Waals surface area contributed by atoms with Gasteiger partial charge in [0.2, 0.25) is 0 Å². The molecule has 2 aromatic carbocycles. The lowest BCUT2D eigenvalue weighted by atomic mass is 10.1. The quantitative estimate of drug-likeness (QED) is 0.643.